The minimum atomic E-state index is -0.580. The van der Waals surface area contributed by atoms with Gasteiger partial charge in [-0.3, -0.25) is 23.5 Å². The van der Waals surface area contributed by atoms with Crippen molar-refractivity contribution < 1.29 is 14.0 Å². The average Bonchev–Trinajstić information content (AvgIpc) is 2.92. The van der Waals surface area contributed by atoms with E-state index in [0.29, 0.717) is 35.1 Å². The fourth-order valence-electron chi connectivity index (χ4n) is 4.32. The Bertz CT molecular complexity index is 1570. The molecule has 0 fully saturated rings. The molecule has 2 amide bonds. The van der Waals surface area contributed by atoms with Crippen LogP contribution in [0.15, 0.2) is 82.4 Å². The molecule has 0 bridgehead atoms. The van der Waals surface area contributed by atoms with Crippen molar-refractivity contribution in [3.63, 3.8) is 0 Å². The molecule has 9 heteroatoms. The Balaban J connectivity index is 1.48. The molecule has 1 aromatic heterocycles. The quantitative estimate of drug-likeness (QED) is 0.307. The van der Waals surface area contributed by atoms with Crippen LogP contribution >= 0.6 is 0 Å². The van der Waals surface area contributed by atoms with Crippen molar-refractivity contribution >= 4 is 34.1 Å². The number of para-hydroxylation sites is 2. The molecule has 0 radical (unpaired) electrons. The van der Waals surface area contributed by atoms with E-state index in [9.17, 15) is 23.6 Å². The van der Waals surface area contributed by atoms with Crippen LogP contribution in [-0.2, 0) is 29.1 Å². The summed E-state index contributed by atoms with van der Waals surface area (Å²) in [6.45, 7) is 1.84. The number of nitrogens with zero attached hydrogens (tertiary/aromatic N) is 2. The predicted octanol–water partition coefficient (Wildman–Crippen LogP) is 4.31. The van der Waals surface area contributed by atoms with Gasteiger partial charge in [0.15, 0.2) is 0 Å². The molecule has 196 valence electrons. The highest BCUT2D eigenvalue weighted by Crippen LogP contribution is 2.16. The summed E-state index contributed by atoms with van der Waals surface area (Å²) in [4.78, 5) is 51.6. The zero-order valence-corrected chi connectivity index (χ0v) is 21.1. The van der Waals surface area contributed by atoms with E-state index in [0.717, 1.165) is 16.6 Å². The highest BCUT2D eigenvalue weighted by atomic mass is 19.1. The average molecular weight is 517 g/mol. The second-order valence-corrected chi connectivity index (χ2v) is 8.91. The van der Waals surface area contributed by atoms with Gasteiger partial charge in [-0.25, -0.2) is 9.18 Å². The second kappa shape index (κ2) is 12.1. The molecule has 3 aromatic carbocycles. The fraction of sp³-hybridized carbons (Fsp3) is 0.241. The number of anilines is 2. The standard InChI is InChI=1S/C29H29FN4O4/c1-2-20-9-3-5-11-24(20)32-27(36)19-34-25-12-6-4-10-23(25)28(37)33(29(34)38)18-8-7-13-26(35)31-22-16-14-21(30)15-17-22/h3-6,9-12,14-17H,2,7-8,13,18-19H2,1H3,(H,31,35)(H,32,36). The number of benzene rings is 3. The molecule has 1 heterocycles. The Morgan fingerprint density at radius 3 is 2.29 bits per heavy atom. The van der Waals surface area contributed by atoms with Gasteiger partial charge in [0.1, 0.15) is 12.4 Å². The van der Waals surface area contributed by atoms with Crippen molar-refractivity contribution in [2.24, 2.45) is 0 Å². The van der Waals surface area contributed by atoms with E-state index >= 15 is 0 Å². The number of rotatable bonds is 10. The summed E-state index contributed by atoms with van der Waals surface area (Å²) < 4.78 is 15.5. The van der Waals surface area contributed by atoms with Crippen LogP contribution < -0.4 is 21.9 Å². The number of fused-ring (bicyclic) bond motifs is 1. The van der Waals surface area contributed by atoms with Crippen LogP contribution in [-0.4, -0.2) is 20.9 Å². The summed E-state index contributed by atoms with van der Waals surface area (Å²) in [6.07, 6.45) is 1.75. The van der Waals surface area contributed by atoms with Crippen LogP contribution in [0.1, 0.15) is 31.7 Å². The van der Waals surface area contributed by atoms with Gasteiger partial charge in [0.25, 0.3) is 5.56 Å². The topological polar surface area (TPSA) is 102 Å². The van der Waals surface area contributed by atoms with Gasteiger partial charge >= 0.3 is 5.69 Å². The Morgan fingerprint density at radius 1 is 0.816 bits per heavy atom. The first kappa shape index (κ1) is 26.5. The van der Waals surface area contributed by atoms with Gasteiger partial charge in [0, 0.05) is 24.3 Å². The molecule has 4 aromatic rings. The number of hydrogen-bond acceptors (Lipinski definition) is 4. The molecular weight excluding hydrogens is 487 g/mol. The number of amides is 2. The molecule has 4 rings (SSSR count). The number of hydrogen-bond donors (Lipinski definition) is 2. The lowest BCUT2D eigenvalue weighted by Gasteiger charge is -2.15. The maximum atomic E-state index is 13.3. The molecule has 0 saturated carbocycles. The van der Waals surface area contributed by atoms with E-state index in [1.165, 1.54) is 28.8 Å². The van der Waals surface area contributed by atoms with Crippen LogP contribution in [0.2, 0.25) is 0 Å². The lowest BCUT2D eigenvalue weighted by atomic mass is 10.1. The van der Waals surface area contributed by atoms with E-state index < -0.39 is 17.1 Å². The molecule has 8 nitrogen and oxygen atoms in total. The third-order valence-electron chi connectivity index (χ3n) is 6.27. The van der Waals surface area contributed by atoms with Gasteiger partial charge < -0.3 is 10.6 Å². The number of aromatic nitrogens is 2. The molecule has 2 N–H and O–H groups in total. The number of nitrogens with one attached hydrogen (secondary N) is 2. The van der Waals surface area contributed by atoms with Crippen LogP contribution in [0, 0.1) is 5.82 Å². The molecule has 0 spiro atoms. The maximum absolute atomic E-state index is 13.3. The molecular formula is C29H29FN4O4. The van der Waals surface area contributed by atoms with Crippen molar-refractivity contribution in [1.82, 2.24) is 9.13 Å². The zero-order chi connectivity index (χ0) is 27.1. The van der Waals surface area contributed by atoms with Gasteiger partial charge in [-0.05, 0) is 67.3 Å². The Hall–Kier alpha value is -4.53. The van der Waals surface area contributed by atoms with Crippen LogP contribution in [0.3, 0.4) is 0 Å². The van der Waals surface area contributed by atoms with E-state index in [1.807, 2.05) is 31.2 Å². The summed E-state index contributed by atoms with van der Waals surface area (Å²) >= 11 is 0. The molecule has 0 saturated heterocycles. The van der Waals surface area contributed by atoms with Crippen molar-refractivity contribution in [3.05, 3.63) is 105 Å². The number of halogens is 1. The normalized spacial score (nSPS) is 10.9. The molecule has 0 aliphatic heterocycles. The van der Waals surface area contributed by atoms with Crippen molar-refractivity contribution in [3.8, 4) is 0 Å². The van der Waals surface area contributed by atoms with Crippen LogP contribution in [0.4, 0.5) is 15.8 Å². The third kappa shape index (κ3) is 6.23. The summed E-state index contributed by atoms with van der Waals surface area (Å²) in [5, 5.41) is 5.90. The van der Waals surface area contributed by atoms with Gasteiger partial charge in [-0.1, -0.05) is 37.3 Å². The smallest absolute Gasteiger partial charge is 0.326 e. The Kier molecular flexibility index (Phi) is 8.47. The molecule has 0 aliphatic rings. The summed E-state index contributed by atoms with van der Waals surface area (Å²) in [7, 11) is 0. The zero-order valence-electron chi connectivity index (χ0n) is 21.1. The summed E-state index contributed by atoms with van der Waals surface area (Å²) in [5.74, 6) is -1.01. The molecule has 0 atom stereocenters. The number of carbonyl (C=O) groups is 2. The molecule has 0 unspecified atom stereocenters. The van der Waals surface area contributed by atoms with Crippen molar-refractivity contribution in [2.45, 2.75) is 45.7 Å². The second-order valence-electron chi connectivity index (χ2n) is 8.91. The summed E-state index contributed by atoms with van der Waals surface area (Å²) in [6, 6.07) is 19.6. The maximum Gasteiger partial charge on any atom is 0.331 e. The van der Waals surface area contributed by atoms with Crippen molar-refractivity contribution in [1.29, 1.82) is 0 Å². The van der Waals surface area contributed by atoms with Gasteiger partial charge in [0.05, 0.1) is 10.9 Å². The first-order valence-electron chi connectivity index (χ1n) is 12.5. The number of carbonyl (C=O) groups excluding carboxylic acids is 2. The summed E-state index contributed by atoms with van der Waals surface area (Å²) in [5.41, 5.74) is 1.52. The van der Waals surface area contributed by atoms with E-state index in [1.54, 1.807) is 24.3 Å². The largest absolute Gasteiger partial charge is 0.331 e. The van der Waals surface area contributed by atoms with Gasteiger partial charge in [-0.2, -0.15) is 0 Å². The Labute approximate surface area is 218 Å². The van der Waals surface area contributed by atoms with E-state index in [2.05, 4.69) is 10.6 Å². The van der Waals surface area contributed by atoms with Gasteiger partial charge in [0.2, 0.25) is 11.8 Å². The monoisotopic (exact) mass is 516 g/mol. The molecule has 0 aliphatic carbocycles. The van der Waals surface area contributed by atoms with Crippen LogP contribution in [0.5, 0.6) is 0 Å². The highest BCUT2D eigenvalue weighted by molar-refractivity contribution is 5.92. The highest BCUT2D eigenvalue weighted by Gasteiger charge is 2.16. The van der Waals surface area contributed by atoms with E-state index in [-0.39, 0.29) is 31.3 Å². The fourth-order valence-corrected chi connectivity index (χ4v) is 4.32. The SMILES string of the molecule is CCc1ccccc1NC(=O)Cn1c(=O)n(CCCCC(=O)Nc2ccc(F)cc2)c(=O)c2ccccc21. The first-order valence-corrected chi connectivity index (χ1v) is 12.5. The predicted molar refractivity (Wildman–Crippen MR) is 146 cm³/mol. The first-order chi connectivity index (χ1) is 18.4. The number of unbranched alkanes of at least 4 members (excludes halogenated alkanes) is 1. The minimum absolute atomic E-state index is 0.104. The third-order valence-corrected chi connectivity index (χ3v) is 6.27. The lowest BCUT2D eigenvalue weighted by molar-refractivity contribution is -0.117. The molecule has 38 heavy (non-hydrogen) atoms. The Morgan fingerprint density at radius 2 is 1.53 bits per heavy atom. The van der Waals surface area contributed by atoms with Crippen LogP contribution in [0.25, 0.3) is 10.9 Å². The van der Waals surface area contributed by atoms with Crippen molar-refractivity contribution in [2.75, 3.05) is 10.6 Å². The minimum Gasteiger partial charge on any atom is -0.326 e. The number of aryl methyl sites for hydroxylation is 1. The van der Waals surface area contributed by atoms with E-state index in [4.69, 9.17) is 0 Å². The van der Waals surface area contributed by atoms with Gasteiger partial charge in [-0.15, -0.1) is 0 Å². The lowest BCUT2D eigenvalue weighted by Crippen LogP contribution is -2.41.